The summed E-state index contributed by atoms with van der Waals surface area (Å²) in [5.74, 6) is 0.451. The Labute approximate surface area is 118 Å². The van der Waals surface area contributed by atoms with Crippen LogP contribution in [-0.4, -0.2) is 43.6 Å². The molecule has 0 radical (unpaired) electrons. The fraction of sp³-hybridized carbons (Fsp3) is 0.267. The van der Waals surface area contributed by atoms with Crippen molar-refractivity contribution in [3.63, 3.8) is 0 Å². The van der Waals surface area contributed by atoms with Crippen molar-refractivity contribution in [1.29, 1.82) is 0 Å². The number of nitrogens with zero attached hydrogens (tertiary/aromatic N) is 3. The highest BCUT2D eigenvalue weighted by Crippen LogP contribution is 2.22. The standard InChI is InChI=1S/C15H18N4O/c1-17-10-18-15(16)14-4-2-12(3-5-14)13-6-8-19(11-20)9-7-13/h2-6,10-11H,7-9H2,1H3,(H2,16,17,18). The van der Waals surface area contributed by atoms with Gasteiger partial charge < -0.3 is 10.6 Å². The minimum absolute atomic E-state index is 0.451. The first kappa shape index (κ1) is 14.0. The third-order valence-electron chi connectivity index (χ3n) is 3.25. The van der Waals surface area contributed by atoms with Gasteiger partial charge in [0, 0.05) is 25.7 Å². The molecule has 5 nitrogen and oxygen atoms in total. The normalized spacial score (nSPS) is 16.4. The van der Waals surface area contributed by atoms with E-state index in [0.717, 1.165) is 30.5 Å². The van der Waals surface area contributed by atoms with E-state index in [-0.39, 0.29) is 0 Å². The SMILES string of the molecule is CN=CN=C(N)c1ccc(C2=CCN(C=O)CC2)cc1. The van der Waals surface area contributed by atoms with Gasteiger partial charge in [-0.05, 0) is 17.6 Å². The summed E-state index contributed by atoms with van der Waals surface area (Å²) >= 11 is 0. The number of amidine groups is 1. The van der Waals surface area contributed by atoms with E-state index in [4.69, 9.17) is 5.73 Å². The van der Waals surface area contributed by atoms with Crippen molar-refractivity contribution >= 4 is 24.2 Å². The quantitative estimate of drug-likeness (QED) is 0.509. The molecule has 0 aliphatic carbocycles. The summed E-state index contributed by atoms with van der Waals surface area (Å²) in [6.45, 7) is 1.45. The molecule has 2 N–H and O–H groups in total. The van der Waals surface area contributed by atoms with Crippen LogP contribution in [0, 0.1) is 0 Å². The second-order valence-electron chi connectivity index (χ2n) is 4.55. The number of hydrogen-bond donors (Lipinski definition) is 1. The molecule has 1 heterocycles. The van der Waals surface area contributed by atoms with E-state index < -0.39 is 0 Å². The molecule has 104 valence electrons. The molecule has 0 atom stereocenters. The van der Waals surface area contributed by atoms with Gasteiger partial charge in [-0.2, -0.15) is 0 Å². The number of aliphatic imine (C=N–C) groups is 2. The summed E-state index contributed by atoms with van der Waals surface area (Å²) in [6.07, 6.45) is 5.29. The van der Waals surface area contributed by atoms with Crippen molar-refractivity contribution < 1.29 is 4.79 Å². The van der Waals surface area contributed by atoms with Crippen LogP contribution in [-0.2, 0) is 4.79 Å². The summed E-state index contributed by atoms with van der Waals surface area (Å²) < 4.78 is 0. The molecule has 1 amide bonds. The van der Waals surface area contributed by atoms with E-state index in [1.54, 1.807) is 11.9 Å². The lowest BCUT2D eigenvalue weighted by molar-refractivity contribution is -0.117. The number of hydrogen-bond acceptors (Lipinski definition) is 2. The Bertz CT molecular complexity index is 558. The van der Waals surface area contributed by atoms with Gasteiger partial charge in [-0.1, -0.05) is 30.3 Å². The lowest BCUT2D eigenvalue weighted by atomic mass is 9.98. The first-order chi connectivity index (χ1) is 9.74. The van der Waals surface area contributed by atoms with Crippen LogP contribution in [0.1, 0.15) is 17.5 Å². The van der Waals surface area contributed by atoms with Gasteiger partial charge in [-0.3, -0.25) is 9.79 Å². The van der Waals surface area contributed by atoms with E-state index in [9.17, 15) is 4.79 Å². The van der Waals surface area contributed by atoms with Gasteiger partial charge in [0.05, 0.1) is 0 Å². The molecule has 1 aromatic carbocycles. The molecule has 0 aromatic heterocycles. The molecular formula is C15H18N4O. The summed E-state index contributed by atoms with van der Waals surface area (Å²) in [6, 6.07) is 7.96. The van der Waals surface area contributed by atoms with Crippen molar-refractivity contribution in [2.75, 3.05) is 20.1 Å². The maximum Gasteiger partial charge on any atom is 0.209 e. The summed E-state index contributed by atoms with van der Waals surface area (Å²) in [5, 5.41) is 0. The average Bonchev–Trinajstić information content (AvgIpc) is 2.53. The largest absolute Gasteiger partial charge is 0.383 e. The number of benzene rings is 1. The molecule has 0 unspecified atom stereocenters. The van der Waals surface area contributed by atoms with Crippen LogP contribution >= 0.6 is 0 Å². The monoisotopic (exact) mass is 270 g/mol. The maximum atomic E-state index is 10.7. The van der Waals surface area contributed by atoms with Crippen molar-refractivity contribution in [3.05, 3.63) is 41.5 Å². The van der Waals surface area contributed by atoms with Gasteiger partial charge in [0.15, 0.2) is 0 Å². The zero-order chi connectivity index (χ0) is 14.4. The first-order valence-corrected chi connectivity index (χ1v) is 6.47. The number of carbonyl (C=O) groups is 1. The molecule has 5 heteroatoms. The molecule has 1 aliphatic heterocycles. The zero-order valence-electron chi connectivity index (χ0n) is 11.5. The third-order valence-corrected chi connectivity index (χ3v) is 3.25. The second-order valence-corrected chi connectivity index (χ2v) is 4.55. The predicted octanol–water partition coefficient (Wildman–Crippen LogP) is 1.30. The Balaban J connectivity index is 2.13. The van der Waals surface area contributed by atoms with Crippen molar-refractivity contribution in [2.24, 2.45) is 15.7 Å². The van der Waals surface area contributed by atoms with Crippen molar-refractivity contribution in [2.45, 2.75) is 6.42 Å². The van der Waals surface area contributed by atoms with E-state index in [1.807, 2.05) is 24.3 Å². The zero-order valence-corrected chi connectivity index (χ0v) is 11.5. The average molecular weight is 270 g/mol. The fourth-order valence-electron chi connectivity index (χ4n) is 2.09. The minimum atomic E-state index is 0.451. The van der Waals surface area contributed by atoms with E-state index in [2.05, 4.69) is 16.1 Å². The lowest BCUT2D eigenvalue weighted by Gasteiger charge is -2.22. The first-order valence-electron chi connectivity index (χ1n) is 6.47. The van der Waals surface area contributed by atoms with Crippen LogP contribution < -0.4 is 5.73 Å². The van der Waals surface area contributed by atoms with Gasteiger partial charge in [0.2, 0.25) is 6.41 Å². The molecule has 0 saturated carbocycles. The Hall–Kier alpha value is -2.43. The van der Waals surface area contributed by atoms with Crippen molar-refractivity contribution in [3.8, 4) is 0 Å². The van der Waals surface area contributed by atoms with Crippen LogP contribution in [0.15, 0.2) is 40.3 Å². The molecule has 0 saturated heterocycles. The molecule has 1 aliphatic rings. The Morgan fingerprint density at radius 1 is 1.35 bits per heavy atom. The van der Waals surface area contributed by atoms with Gasteiger partial charge in [0.1, 0.15) is 12.2 Å². The second kappa shape index (κ2) is 6.65. The smallest absolute Gasteiger partial charge is 0.209 e. The summed E-state index contributed by atoms with van der Waals surface area (Å²) in [7, 11) is 1.65. The highest BCUT2D eigenvalue weighted by atomic mass is 16.1. The lowest BCUT2D eigenvalue weighted by Crippen LogP contribution is -2.26. The Morgan fingerprint density at radius 3 is 2.65 bits per heavy atom. The van der Waals surface area contributed by atoms with Crippen LogP contribution in [0.4, 0.5) is 0 Å². The van der Waals surface area contributed by atoms with E-state index >= 15 is 0 Å². The fourth-order valence-corrected chi connectivity index (χ4v) is 2.09. The van der Waals surface area contributed by atoms with Crippen molar-refractivity contribution in [1.82, 2.24) is 4.90 Å². The van der Waals surface area contributed by atoms with Crippen LogP contribution in [0.3, 0.4) is 0 Å². The molecule has 20 heavy (non-hydrogen) atoms. The number of rotatable bonds is 4. The van der Waals surface area contributed by atoms with Gasteiger partial charge in [0.25, 0.3) is 0 Å². The number of nitrogens with two attached hydrogens (primary N) is 1. The topological polar surface area (TPSA) is 71.0 Å². The van der Waals surface area contributed by atoms with Crippen LogP contribution in [0.2, 0.25) is 0 Å². The maximum absolute atomic E-state index is 10.7. The molecule has 0 bridgehead atoms. The Kier molecular flexibility index (Phi) is 4.65. The number of amides is 1. The highest BCUT2D eigenvalue weighted by molar-refractivity contribution is 6.01. The van der Waals surface area contributed by atoms with E-state index in [0.29, 0.717) is 12.4 Å². The number of carbonyl (C=O) groups excluding carboxylic acids is 1. The Morgan fingerprint density at radius 2 is 2.10 bits per heavy atom. The molecular weight excluding hydrogens is 252 g/mol. The third kappa shape index (κ3) is 3.32. The minimum Gasteiger partial charge on any atom is -0.383 e. The van der Waals surface area contributed by atoms with Crippen LogP contribution in [0.5, 0.6) is 0 Å². The van der Waals surface area contributed by atoms with Gasteiger partial charge in [-0.15, -0.1) is 0 Å². The summed E-state index contributed by atoms with van der Waals surface area (Å²) in [5.41, 5.74) is 9.15. The predicted molar refractivity (Wildman–Crippen MR) is 81.8 cm³/mol. The summed E-state index contributed by atoms with van der Waals surface area (Å²) in [4.78, 5) is 20.2. The van der Waals surface area contributed by atoms with Gasteiger partial charge in [-0.25, -0.2) is 4.99 Å². The highest BCUT2D eigenvalue weighted by Gasteiger charge is 2.11. The van der Waals surface area contributed by atoms with Crippen LogP contribution in [0.25, 0.3) is 5.57 Å². The molecule has 1 aromatic rings. The molecule has 0 fully saturated rings. The van der Waals surface area contributed by atoms with Gasteiger partial charge >= 0.3 is 0 Å². The van der Waals surface area contributed by atoms with E-state index in [1.165, 1.54) is 11.9 Å². The molecule has 2 rings (SSSR count). The molecule has 0 spiro atoms.